The molecule has 0 amide bonds. The third kappa shape index (κ3) is 2.48. The van der Waals surface area contributed by atoms with Gasteiger partial charge in [0.05, 0.1) is 6.04 Å². The molecule has 1 aromatic heterocycles. The van der Waals surface area contributed by atoms with Gasteiger partial charge in [0.25, 0.3) is 0 Å². The van der Waals surface area contributed by atoms with Gasteiger partial charge in [0.1, 0.15) is 0 Å². The normalized spacial score (nSPS) is 19.0. The Bertz CT molecular complexity index is 579. The van der Waals surface area contributed by atoms with Gasteiger partial charge in [-0.1, -0.05) is 36.3 Å². The summed E-state index contributed by atoms with van der Waals surface area (Å²) in [6.07, 6.45) is 3.28. The van der Waals surface area contributed by atoms with Crippen LogP contribution in [0.2, 0.25) is 0 Å². The minimum absolute atomic E-state index is 0.118. The second-order valence-corrected chi connectivity index (χ2v) is 5.46. The Kier molecular flexibility index (Phi) is 3.83. The summed E-state index contributed by atoms with van der Waals surface area (Å²) in [5.41, 5.74) is 2.77. The van der Waals surface area contributed by atoms with Crippen LogP contribution in [-0.4, -0.2) is 16.7 Å². The van der Waals surface area contributed by atoms with Crippen LogP contribution < -0.4 is 5.32 Å². The van der Waals surface area contributed by atoms with Crippen molar-refractivity contribution in [2.45, 2.75) is 45.1 Å². The molecule has 4 heteroatoms. The van der Waals surface area contributed by atoms with E-state index in [0.29, 0.717) is 11.8 Å². The van der Waals surface area contributed by atoms with Crippen LogP contribution in [0, 0.1) is 0 Å². The van der Waals surface area contributed by atoms with E-state index in [9.17, 15) is 0 Å². The lowest BCUT2D eigenvalue weighted by Gasteiger charge is -2.08. The van der Waals surface area contributed by atoms with Gasteiger partial charge in [-0.3, -0.25) is 0 Å². The number of nitrogens with zero attached hydrogens (tertiary/aromatic N) is 2. The molecule has 2 aromatic rings. The molecular weight excluding hydrogens is 250 g/mol. The Balaban J connectivity index is 1.78. The van der Waals surface area contributed by atoms with Gasteiger partial charge < -0.3 is 9.84 Å². The van der Waals surface area contributed by atoms with Crippen LogP contribution in [0.5, 0.6) is 0 Å². The molecule has 0 aliphatic heterocycles. The second-order valence-electron chi connectivity index (χ2n) is 5.46. The highest BCUT2D eigenvalue weighted by Gasteiger charge is 2.28. The second kappa shape index (κ2) is 5.75. The van der Waals surface area contributed by atoms with Gasteiger partial charge >= 0.3 is 0 Å². The van der Waals surface area contributed by atoms with E-state index in [4.69, 9.17) is 4.52 Å². The number of aromatic nitrogens is 2. The van der Waals surface area contributed by atoms with Crippen molar-refractivity contribution >= 4 is 0 Å². The molecule has 20 heavy (non-hydrogen) atoms. The first-order chi connectivity index (χ1) is 9.79. The topological polar surface area (TPSA) is 51.0 Å². The fraction of sp³-hybridized carbons (Fsp3) is 0.500. The maximum Gasteiger partial charge on any atom is 0.243 e. The molecule has 1 aliphatic rings. The molecule has 1 N–H and O–H groups in total. The van der Waals surface area contributed by atoms with Crippen molar-refractivity contribution in [3.63, 3.8) is 0 Å². The average molecular weight is 271 g/mol. The predicted molar refractivity (Wildman–Crippen MR) is 77.6 cm³/mol. The predicted octanol–water partition coefficient (Wildman–Crippen LogP) is 3.21. The Morgan fingerprint density at radius 1 is 1.40 bits per heavy atom. The molecule has 0 bridgehead atoms. The van der Waals surface area contributed by atoms with Crippen LogP contribution in [0.15, 0.2) is 28.8 Å². The van der Waals surface area contributed by atoms with E-state index in [1.165, 1.54) is 11.1 Å². The van der Waals surface area contributed by atoms with Crippen LogP contribution in [0.25, 0.3) is 0 Å². The SMILES string of the molecule is CCCNC(C)c1nc(C2CCc3ccccc32)no1. The number of aryl methyl sites for hydroxylation is 1. The van der Waals surface area contributed by atoms with Crippen LogP contribution in [0.1, 0.15) is 61.5 Å². The van der Waals surface area contributed by atoms with Crippen molar-refractivity contribution in [1.29, 1.82) is 0 Å². The molecule has 0 spiro atoms. The molecule has 106 valence electrons. The zero-order valence-electron chi connectivity index (χ0n) is 12.1. The Morgan fingerprint density at radius 3 is 3.10 bits per heavy atom. The van der Waals surface area contributed by atoms with Crippen LogP contribution >= 0.6 is 0 Å². The van der Waals surface area contributed by atoms with Gasteiger partial charge in [-0.15, -0.1) is 0 Å². The minimum atomic E-state index is 0.118. The lowest BCUT2D eigenvalue weighted by atomic mass is 10.0. The first-order valence-electron chi connectivity index (χ1n) is 7.44. The standard InChI is InChI=1S/C16H21N3O/c1-3-10-17-11(2)16-18-15(19-20-16)14-9-8-12-6-4-5-7-13(12)14/h4-7,11,14,17H,3,8-10H2,1-2H3. The summed E-state index contributed by atoms with van der Waals surface area (Å²) in [6, 6.07) is 8.68. The maximum absolute atomic E-state index is 5.43. The summed E-state index contributed by atoms with van der Waals surface area (Å²) >= 11 is 0. The van der Waals surface area contributed by atoms with E-state index < -0.39 is 0 Å². The number of benzene rings is 1. The number of fused-ring (bicyclic) bond motifs is 1. The first-order valence-corrected chi connectivity index (χ1v) is 7.44. The van der Waals surface area contributed by atoms with E-state index in [0.717, 1.165) is 31.6 Å². The summed E-state index contributed by atoms with van der Waals surface area (Å²) in [5.74, 6) is 1.81. The van der Waals surface area contributed by atoms with Crippen LogP contribution in [-0.2, 0) is 6.42 Å². The minimum Gasteiger partial charge on any atom is -0.338 e. The summed E-state index contributed by atoms with van der Waals surface area (Å²) in [7, 11) is 0. The fourth-order valence-corrected chi connectivity index (χ4v) is 2.84. The van der Waals surface area contributed by atoms with E-state index in [1.54, 1.807) is 0 Å². The van der Waals surface area contributed by atoms with Gasteiger partial charge in [0.2, 0.25) is 5.89 Å². The average Bonchev–Trinajstić information content (AvgIpc) is 3.10. The van der Waals surface area contributed by atoms with Gasteiger partial charge in [-0.25, -0.2) is 0 Å². The third-order valence-corrected chi connectivity index (χ3v) is 3.97. The van der Waals surface area contributed by atoms with Gasteiger partial charge in [0.15, 0.2) is 5.82 Å². The van der Waals surface area contributed by atoms with Gasteiger partial charge in [-0.2, -0.15) is 4.98 Å². The van der Waals surface area contributed by atoms with Gasteiger partial charge in [0, 0.05) is 5.92 Å². The molecule has 1 heterocycles. The summed E-state index contributed by atoms with van der Waals surface area (Å²) in [6.45, 7) is 5.18. The molecular formula is C16H21N3O. The molecule has 4 nitrogen and oxygen atoms in total. The van der Waals surface area contributed by atoms with Crippen molar-refractivity contribution in [2.75, 3.05) is 6.54 Å². The molecule has 0 saturated carbocycles. The monoisotopic (exact) mass is 271 g/mol. The summed E-state index contributed by atoms with van der Waals surface area (Å²) < 4.78 is 5.43. The fourth-order valence-electron chi connectivity index (χ4n) is 2.84. The van der Waals surface area contributed by atoms with E-state index in [-0.39, 0.29) is 6.04 Å². The van der Waals surface area contributed by atoms with Crippen molar-refractivity contribution in [2.24, 2.45) is 0 Å². The maximum atomic E-state index is 5.43. The quantitative estimate of drug-likeness (QED) is 0.907. The van der Waals surface area contributed by atoms with Crippen molar-refractivity contribution in [3.8, 4) is 0 Å². The lowest BCUT2D eigenvalue weighted by Crippen LogP contribution is -2.19. The Labute approximate surface area is 119 Å². The lowest BCUT2D eigenvalue weighted by molar-refractivity contribution is 0.335. The number of rotatable bonds is 5. The van der Waals surface area contributed by atoms with Crippen LogP contribution in [0.4, 0.5) is 0 Å². The van der Waals surface area contributed by atoms with Crippen molar-refractivity contribution < 1.29 is 4.52 Å². The zero-order valence-corrected chi connectivity index (χ0v) is 12.1. The van der Waals surface area contributed by atoms with Gasteiger partial charge in [-0.05, 0) is 43.9 Å². The molecule has 0 radical (unpaired) electrons. The number of hydrogen-bond donors (Lipinski definition) is 1. The highest BCUT2D eigenvalue weighted by molar-refractivity contribution is 5.38. The first kappa shape index (κ1) is 13.3. The molecule has 0 fully saturated rings. The molecule has 3 rings (SSSR count). The van der Waals surface area contributed by atoms with E-state index in [1.807, 2.05) is 0 Å². The van der Waals surface area contributed by atoms with E-state index >= 15 is 0 Å². The van der Waals surface area contributed by atoms with Crippen molar-refractivity contribution in [1.82, 2.24) is 15.5 Å². The Hall–Kier alpha value is -1.68. The Morgan fingerprint density at radius 2 is 2.25 bits per heavy atom. The molecule has 0 saturated heterocycles. The highest BCUT2D eigenvalue weighted by Crippen LogP contribution is 2.36. The molecule has 2 unspecified atom stereocenters. The zero-order chi connectivity index (χ0) is 13.9. The molecule has 1 aliphatic carbocycles. The van der Waals surface area contributed by atoms with Crippen molar-refractivity contribution in [3.05, 3.63) is 47.1 Å². The summed E-state index contributed by atoms with van der Waals surface area (Å²) in [4.78, 5) is 4.60. The largest absolute Gasteiger partial charge is 0.338 e. The van der Waals surface area contributed by atoms with E-state index in [2.05, 4.69) is 53.6 Å². The number of nitrogens with one attached hydrogen (secondary N) is 1. The highest BCUT2D eigenvalue weighted by atomic mass is 16.5. The molecule has 2 atom stereocenters. The van der Waals surface area contributed by atoms with Crippen LogP contribution in [0.3, 0.4) is 0 Å². The number of hydrogen-bond acceptors (Lipinski definition) is 4. The molecule has 1 aromatic carbocycles. The summed E-state index contributed by atoms with van der Waals surface area (Å²) in [5, 5.41) is 7.58. The third-order valence-electron chi connectivity index (χ3n) is 3.97. The smallest absolute Gasteiger partial charge is 0.243 e.